The maximum Gasteiger partial charge on any atom is 0.335 e. The number of carbonyl (C=O) groups excluding carboxylic acids is 2. The maximum atomic E-state index is 13.4. The highest BCUT2D eigenvalue weighted by molar-refractivity contribution is 6.02. The van der Waals surface area contributed by atoms with Gasteiger partial charge in [-0.25, -0.2) is 4.79 Å². The molecule has 0 bridgehead atoms. The fourth-order valence-electron chi connectivity index (χ4n) is 4.48. The Balaban J connectivity index is 1.54. The number of rotatable bonds is 6. The molecule has 4 rings (SSSR count). The average Bonchev–Trinajstić information content (AvgIpc) is 3.30. The molecule has 2 aliphatic heterocycles. The van der Waals surface area contributed by atoms with E-state index in [0.717, 1.165) is 26.2 Å². The summed E-state index contributed by atoms with van der Waals surface area (Å²) in [6, 6.07) is 11.8. The van der Waals surface area contributed by atoms with E-state index < -0.39 is 12.0 Å². The molecule has 0 spiro atoms. The summed E-state index contributed by atoms with van der Waals surface area (Å²) in [6.07, 6.45) is 0.510. The van der Waals surface area contributed by atoms with Crippen molar-refractivity contribution in [2.75, 3.05) is 38.0 Å². The number of amides is 2. The number of hydrogen-bond acceptors (Lipinski definition) is 6. The zero-order chi connectivity index (χ0) is 24.2. The van der Waals surface area contributed by atoms with Crippen molar-refractivity contribution in [2.45, 2.75) is 18.5 Å². The van der Waals surface area contributed by atoms with Crippen LogP contribution < -0.4 is 16.4 Å². The van der Waals surface area contributed by atoms with Gasteiger partial charge in [0, 0.05) is 55.6 Å². The van der Waals surface area contributed by atoms with Crippen LogP contribution in [0.3, 0.4) is 0 Å². The molecule has 0 aromatic heterocycles. The Labute approximate surface area is 197 Å². The van der Waals surface area contributed by atoms with E-state index in [9.17, 15) is 14.4 Å². The lowest BCUT2D eigenvalue weighted by Crippen LogP contribution is -2.49. The summed E-state index contributed by atoms with van der Waals surface area (Å²) in [4.78, 5) is 41.7. The van der Waals surface area contributed by atoms with Gasteiger partial charge >= 0.3 is 5.97 Å². The molecule has 10 heteroatoms. The van der Waals surface area contributed by atoms with E-state index in [1.54, 1.807) is 29.2 Å². The zero-order valence-electron chi connectivity index (χ0n) is 18.7. The molecule has 2 aromatic rings. The number of carbonyl (C=O) groups is 3. The topological polar surface area (TPSA) is 152 Å². The van der Waals surface area contributed by atoms with Crippen LogP contribution in [-0.4, -0.2) is 83.3 Å². The van der Waals surface area contributed by atoms with Crippen LogP contribution in [0, 0.1) is 5.41 Å². The van der Waals surface area contributed by atoms with Crippen LogP contribution in [0.1, 0.15) is 32.7 Å². The lowest BCUT2D eigenvalue weighted by atomic mass is 10.1. The number of benzene rings is 2. The van der Waals surface area contributed by atoms with Gasteiger partial charge in [0.1, 0.15) is 11.9 Å². The average molecular weight is 465 g/mol. The molecular formula is C24H28N6O4. The number of piperazine rings is 1. The summed E-state index contributed by atoms with van der Waals surface area (Å²) in [5.74, 6) is -1.69. The number of nitrogen functional groups attached to an aromatic ring is 1. The van der Waals surface area contributed by atoms with Crippen molar-refractivity contribution < 1.29 is 19.5 Å². The first kappa shape index (κ1) is 23.4. The number of nitrogens with two attached hydrogens (primary N) is 1. The summed E-state index contributed by atoms with van der Waals surface area (Å²) in [5, 5.41) is 22.8. The molecule has 0 radical (unpaired) electrons. The second kappa shape index (κ2) is 10.0. The van der Waals surface area contributed by atoms with Gasteiger partial charge < -0.3 is 26.4 Å². The van der Waals surface area contributed by atoms with Gasteiger partial charge in [0.2, 0.25) is 5.91 Å². The van der Waals surface area contributed by atoms with Gasteiger partial charge in [-0.3, -0.25) is 19.9 Å². The Morgan fingerprint density at radius 3 is 2.15 bits per heavy atom. The van der Waals surface area contributed by atoms with Gasteiger partial charge in [-0.2, -0.15) is 0 Å². The Morgan fingerprint density at radius 1 is 0.971 bits per heavy atom. The van der Waals surface area contributed by atoms with Crippen molar-refractivity contribution in [3.63, 3.8) is 0 Å². The van der Waals surface area contributed by atoms with Crippen LogP contribution >= 0.6 is 0 Å². The Bertz CT molecular complexity index is 1080. The number of hydrogen-bond donors (Lipinski definition) is 5. The molecule has 2 heterocycles. The third-order valence-corrected chi connectivity index (χ3v) is 6.35. The molecule has 6 N–H and O–H groups in total. The lowest BCUT2D eigenvalue weighted by Gasteiger charge is -2.32. The molecule has 34 heavy (non-hydrogen) atoms. The fourth-order valence-corrected chi connectivity index (χ4v) is 4.48. The van der Waals surface area contributed by atoms with Crippen molar-refractivity contribution in [1.29, 1.82) is 5.41 Å². The second-order valence-electron chi connectivity index (χ2n) is 8.51. The van der Waals surface area contributed by atoms with Gasteiger partial charge in [0.25, 0.3) is 5.91 Å². The van der Waals surface area contributed by atoms with E-state index in [-0.39, 0.29) is 29.3 Å². The van der Waals surface area contributed by atoms with E-state index in [1.807, 2.05) is 0 Å². The van der Waals surface area contributed by atoms with Crippen LogP contribution in [-0.2, 0) is 4.79 Å². The highest BCUT2D eigenvalue weighted by Crippen LogP contribution is 2.26. The van der Waals surface area contributed by atoms with Crippen LogP contribution in [0.4, 0.5) is 5.69 Å². The minimum atomic E-state index is -1.04. The van der Waals surface area contributed by atoms with Crippen molar-refractivity contribution in [2.24, 2.45) is 5.73 Å². The summed E-state index contributed by atoms with van der Waals surface area (Å²) >= 11 is 0. The van der Waals surface area contributed by atoms with Crippen molar-refractivity contribution in [3.8, 4) is 0 Å². The Morgan fingerprint density at radius 2 is 1.56 bits per heavy atom. The van der Waals surface area contributed by atoms with E-state index in [4.69, 9.17) is 16.2 Å². The third kappa shape index (κ3) is 5.08. The maximum absolute atomic E-state index is 13.4. The monoisotopic (exact) mass is 464 g/mol. The molecule has 2 saturated heterocycles. The van der Waals surface area contributed by atoms with E-state index in [0.29, 0.717) is 29.8 Å². The highest BCUT2D eigenvalue weighted by Gasteiger charge is 2.42. The molecule has 2 aromatic carbocycles. The molecule has 2 amide bonds. The molecule has 1 unspecified atom stereocenters. The predicted molar refractivity (Wildman–Crippen MR) is 127 cm³/mol. The first-order valence-corrected chi connectivity index (χ1v) is 11.2. The number of aromatic carboxylic acids is 1. The minimum absolute atomic E-state index is 0.0627. The van der Waals surface area contributed by atoms with Crippen molar-refractivity contribution in [3.05, 3.63) is 65.2 Å². The van der Waals surface area contributed by atoms with Gasteiger partial charge in [0.05, 0.1) is 5.56 Å². The Kier molecular flexibility index (Phi) is 6.90. The summed E-state index contributed by atoms with van der Waals surface area (Å²) in [7, 11) is 0. The normalized spacial score (nSPS) is 20.6. The molecule has 2 atom stereocenters. The lowest BCUT2D eigenvalue weighted by molar-refractivity contribution is -0.119. The minimum Gasteiger partial charge on any atom is -0.478 e. The van der Waals surface area contributed by atoms with Gasteiger partial charge in [-0.15, -0.1) is 0 Å². The number of amidine groups is 1. The molecule has 2 aliphatic rings. The molecule has 0 aliphatic carbocycles. The quantitative estimate of drug-likeness (QED) is 0.313. The Hall–Kier alpha value is -3.76. The number of carboxylic acids is 1. The standard InChI is InChI=1S/C24H28N6O4/c25-21(26)15-1-3-16(4-2-15)23(32)30-14-19(29-11-9-27-10-12-29)13-20(30)22(31)28-18-7-5-17(6-8-18)24(33)34/h1-8,19-20,27H,9-14H2,(H3,25,26)(H,28,31)(H,33,34)/t19-,20?/m0/s1. The smallest absolute Gasteiger partial charge is 0.335 e. The number of nitrogens with zero attached hydrogens (tertiary/aromatic N) is 2. The van der Waals surface area contributed by atoms with Crippen molar-refractivity contribution in [1.82, 2.24) is 15.1 Å². The molecular weight excluding hydrogens is 436 g/mol. The largest absolute Gasteiger partial charge is 0.478 e. The van der Waals surface area contributed by atoms with Crippen molar-refractivity contribution >= 4 is 29.3 Å². The first-order chi connectivity index (χ1) is 16.3. The SMILES string of the molecule is N=C(N)c1ccc(C(=O)N2C[C@@H](N3CCNCC3)CC2C(=O)Nc2ccc(C(=O)O)cc2)cc1. The van der Waals surface area contributed by atoms with Crippen LogP contribution in [0.25, 0.3) is 0 Å². The summed E-state index contributed by atoms with van der Waals surface area (Å²) < 4.78 is 0. The molecule has 10 nitrogen and oxygen atoms in total. The number of nitrogens with one attached hydrogen (secondary N) is 3. The van der Waals surface area contributed by atoms with Crippen LogP contribution in [0.2, 0.25) is 0 Å². The zero-order valence-corrected chi connectivity index (χ0v) is 18.7. The van der Waals surface area contributed by atoms with E-state index in [1.165, 1.54) is 24.3 Å². The fraction of sp³-hybridized carbons (Fsp3) is 0.333. The van der Waals surface area contributed by atoms with Crippen LogP contribution in [0.5, 0.6) is 0 Å². The third-order valence-electron chi connectivity index (χ3n) is 6.35. The highest BCUT2D eigenvalue weighted by atomic mass is 16.4. The number of anilines is 1. The van der Waals surface area contributed by atoms with E-state index >= 15 is 0 Å². The van der Waals surface area contributed by atoms with E-state index in [2.05, 4.69) is 15.5 Å². The van der Waals surface area contributed by atoms with Gasteiger partial charge in [-0.05, 0) is 42.8 Å². The van der Waals surface area contributed by atoms with Crippen LogP contribution in [0.15, 0.2) is 48.5 Å². The molecule has 178 valence electrons. The second-order valence-corrected chi connectivity index (χ2v) is 8.51. The first-order valence-electron chi connectivity index (χ1n) is 11.2. The summed E-state index contributed by atoms with van der Waals surface area (Å²) in [5.41, 5.74) is 7.06. The summed E-state index contributed by atoms with van der Waals surface area (Å²) in [6.45, 7) is 3.87. The van der Waals surface area contributed by atoms with Gasteiger partial charge in [-0.1, -0.05) is 12.1 Å². The molecule has 0 saturated carbocycles. The predicted octanol–water partition coefficient (Wildman–Crippen LogP) is 0.796. The number of carboxylic acid groups (broad SMARTS) is 1. The number of likely N-dealkylation sites (tertiary alicyclic amines) is 1. The van der Waals surface area contributed by atoms with Gasteiger partial charge in [0.15, 0.2) is 0 Å². The molecule has 2 fully saturated rings.